The van der Waals surface area contributed by atoms with Crippen molar-refractivity contribution < 1.29 is 19.4 Å². The summed E-state index contributed by atoms with van der Waals surface area (Å²) in [7, 11) is 0. The average molecular weight is 255 g/mol. The van der Waals surface area contributed by atoms with Crippen LogP contribution in [0.5, 0.6) is 0 Å². The van der Waals surface area contributed by atoms with Gasteiger partial charge in [0.15, 0.2) is 0 Å². The van der Waals surface area contributed by atoms with Gasteiger partial charge in [-0.2, -0.15) is 0 Å². The van der Waals surface area contributed by atoms with Crippen LogP contribution in [0, 0.1) is 11.8 Å². The van der Waals surface area contributed by atoms with Crippen molar-refractivity contribution in [1.29, 1.82) is 0 Å². The minimum Gasteiger partial charge on any atom is -0.480 e. The maximum Gasteiger partial charge on any atom is 0.411 e. The van der Waals surface area contributed by atoms with Crippen LogP contribution in [0.15, 0.2) is 0 Å². The molecule has 0 unspecified atom stereocenters. The van der Waals surface area contributed by atoms with Crippen LogP contribution in [0.2, 0.25) is 0 Å². The Morgan fingerprint density at radius 2 is 1.94 bits per heavy atom. The highest BCUT2D eigenvalue weighted by atomic mass is 16.6. The summed E-state index contributed by atoms with van der Waals surface area (Å²) in [5.41, 5.74) is -0.587. The van der Waals surface area contributed by atoms with E-state index in [2.05, 4.69) is 0 Å². The first-order valence-electron chi connectivity index (χ1n) is 6.50. The minimum atomic E-state index is -0.911. The van der Waals surface area contributed by atoms with Gasteiger partial charge in [-0.3, -0.25) is 4.90 Å². The Morgan fingerprint density at radius 1 is 1.28 bits per heavy atom. The molecule has 1 amide bonds. The second-order valence-electron chi connectivity index (χ2n) is 6.35. The van der Waals surface area contributed by atoms with Gasteiger partial charge >= 0.3 is 12.1 Å². The molecule has 1 N–H and O–H groups in total. The van der Waals surface area contributed by atoms with E-state index in [-0.39, 0.29) is 5.92 Å². The van der Waals surface area contributed by atoms with Crippen molar-refractivity contribution in [3.05, 3.63) is 0 Å². The number of hydrogen-bond donors (Lipinski definition) is 1. The number of ether oxygens (including phenoxy) is 1. The predicted octanol–water partition coefficient (Wildman–Crippen LogP) is 2.11. The number of nitrogens with zero attached hydrogens (tertiary/aromatic N) is 1. The van der Waals surface area contributed by atoms with Crippen LogP contribution >= 0.6 is 0 Å². The Balaban J connectivity index is 2.14. The summed E-state index contributed by atoms with van der Waals surface area (Å²) in [4.78, 5) is 24.9. The van der Waals surface area contributed by atoms with Crippen molar-refractivity contribution in [2.45, 2.75) is 51.7 Å². The number of carboxylic acids is 1. The lowest BCUT2D eigenvalue weighted by Crippen LogP contribution is -2.53. The topological polar surface area (TPSA) is 66.8 Å². The van der Waals surface area contributed by atoms with Crippen molar-refractivity contribution in [2.75, 3.05) is 6.54 Å². The molecule has 3 atom stereocenters. The molecule has 5 heteroatoms. The molecule has 2 bridgehead atoms. The van der Waals surface area contributed by atoms with Gasteiger partial charge in [0.2, 0.25) is 0 Å². The molecule has 0 aromatic rings. The standard InChI is InChI=1S/C13H21NO4/c1-13(2,3)18-12(17)14-7-8-4-5-9(6-8)10(14)11(15)16/h8-10H,4-7H2,1-3H3,(H,15,16)/t8-,9+,10-/m1/s1. The molecule has 5 nitrogen and oxygen atoms in total. The molecule has 1 aliphatic carbocycles. The fourth-order valence-electron chi connectivity index (χ4n) is 3.06. The number of hydrogen-bond acceptors (Lipinski definition) is 3. The Bertz CT molecular complexity index is 360. The van der Waals surface area contributed by atoms with Gasteiger partial charge in [0.25, 0.3) is 0 Å². The van der Waals surface area contributed by atoms with Crippen molar-refractivity contribution in [3.8, 4) is 0 Å². The molecule has 18 heavy (non-hydrogen) atoms. The monoisotopic (exact) mass is 255 g/mol. The number of likely N-dealkylation sites (tertiary alicyclic amines) is 1. The lowest BCUT2D eigenvalue weighted by molar-refractivity contribution is -0.146. The number of carbonyl (C=O) groups excluding carboxylic acids is 1. The second kappa shape index (κ2) is 4.44. The van der Waals surface area contributed by atoms with Crippen LogP contribution in [0.1, 0.15) is 40.0 Å². The number of aliphatic carboxylic acids is 1. The van der Waals surface area contributed by atoms with E-state index in [1.807, 2.05) is 0 Å². The summed E-state index contributed by atoms with van der Waals surface area (Å²) in [6.45, 7) is 5.89. The van der Waals surface area contributed by atoms with Crippen LogP contribution in [-0.2, 0) is 9.53 Å². The molecule has 0 radical (unpaired) electrons. The van der Waals surface area contributed by atoms with Gasteiger partial charge in [-0.1, -0.05) is 0 Å². The Morgan fingerprint density at radius 3 is 2.50 bits per heavy atom. The maximum atomic E-state index is 12.1. The maximum absolute atomic E-state index is 12.1. The fourth-order valence-corrected chi connectivity index (χ4v) is 3.06. The first-order valence-corrected chi connectivity index (χ1v) is 6.50. The summed E-state index contributed by atoms with van der Waals surface area (Å²) in [6.07, 6.45) is 2.36. The number of piperidine rings is 1. The van der Waals surface area contributed by atoms with E-state index in [9.17, 15) is 14.7 Å². The molecule has 0 aromatic carbocycles. The highest BCUT2D eigenvalue weighted by Gasteiger charge is 2.47. The zero-order chi connectivity index (χ0) is 13.5. The Kier molecular flexibility index (Phi) is 3.25. The summed E-state index contributed by atoms with van der Waals surface area (Å²) in [5.74, 6) is -0.377. The van der Waals surface area contributed by atoms with Crippen LogP contribution in [-0.4, -0.2) is 40.3 Å². The van der Waals surface area contributed by atoms with E-state index in [1.165, 1.54) is 4.90 Å². The van der Waals surface area contributed by atoms with Crippen molar-refractivity contribution in [1.82, 2.24) is 4.90 Å². The highest BCUT2D eigenvalue weighted by Crippen LogP contribution is 2.40. The molecule has 1 aliphatic heterocycles. The third-order valence-corrected chi connectivity index (χ3v) is 3.70. The van der Waals surface area contributed by atoms with Gasteiger partial charge in [-0.25, -0.2) is 9.59 Å². The van der Waals surface area contributed by atoms with Crippen molar-refractivity contribution >= 4 is 12.1 Å². The van der Waals surface area contributed by atoms with Crippen LogP contribution in [0.3, 0.4) is 0 Å². The molecule has 2 fully saturated rings. The largest absolute Gasteiger partial charge is 0.480 e. The lowest BCUT2D eigenvalue weighted by atomic mass is 9.91. The van der Waals surface area contributed by atoms with Gasteiger partial charge in [0.05, 0.1) is 0 Å². The van der Waals surface area contributed by atoms with E-state index >= 15 is 0 Å². The van der Waals surface area contributed by atoms with E-state index in [1.54, 1.807) is 20.8 Å². The summed E-state index contributed by atoms with van der Waals surface area (Å²) in [5, 5.41) is 9.33. The lowest BCUT2D eigenvalue weighted by Gasteiger charge is -2.38. The minimum absolute atomic E-state index is 0.0915. The van der Waals surface area contributed by atoms with E-state index in [0.29, 0.717) is 12.5 Å². The third-order valence-electron chi connectivity index (χ3n) is 3.70. The van der Waals surface area contributed by atoms with Gasteiger partial charge in [0, 0.05) is 6.54 Å². The molecular formula is C13H21NO4. The number of amides is 1. The fraction of sp³-hybridized carbons (Fsp3) is 0.846. The van der Waals surface area contributed by atoms with E-state index in [4.69, 9.17) is 4.74 Å². The molecule has 2 rings (SSSR count). The van der Waals surface area contributed by atoms with Gasteiger partial charge in [0.1, 0.15) is 11.6 Å². The summed E-state index contributed by atoms with van der Waals surface area (Å²) < 4.78 is 5.31. The number of rotatable bonds is 1. The summed E-state index contributed by atoms with van der Waals surface area (Å²) >= 11 is 0. The van der Waals surface area contributed by atoms with E-state index < -0.39 is 23.7 Å². The molecule has 2 aliphatic rings. The smallest absolute Gasteiger partial charge is 0.411 e. The van der Waals surface area contributed by atoms with Crippen LogP contribution in [0.4, 0.5) is 4.79 Å². The predicted molar refractivity (Wildman–Crippen MR) is 65.2 cm³/mol. The van der Waals surface area contributed by atoms with E-state index in [0.717, 1.165) is 19.3 Å². The van der Waals surface area contributed by atoms with Gasteiger partial charge < -0.3 is 9.84 Å². The summed E-state index contributed by atoms with van der Waals surface area (Å²) in [6, 6.07) is -0.710. The Labute approximate surface area is 107 Å². The zero-order valence-electron chi connectivity index (χ0n) is 11.2. The molecule has 0 spiro atoms. The number of fused-ring (bicyclic) bond motifs is 2. The molecular weight excluding hydrogens is 234 g/mol. The van der Waals surface area contributed by atoms with Crippen LogP contribution < -0.4 is 0 Å². The first-order chi connectivity index (χ1) is 8.28. The average Bonchev–Trinajstić information content (AvgIpc) is 2.56. The SMILES string of the molecule is CC(C)(C)OC(=O)N1C[C@@H]2CC[C@@H](C2)[C@@H]1C(=O)O. The number of carboxylic acid groups (broad SMARTS) is 1. The molecule has 1 heterocycles. The van der Waals surface area contributed by atoms with Crippen molar-refractivity contribution in [2.24, 2.45) is 11.8 Å². The van der Waals surface area contributed by atoms with Crippen LogP contribution in [0.25, 0.3) is 0 Å². The van der Waals surface area contributed by atoms with Crippen molar-refractivity contribution in [3.63, 3.8) is 0 Å². The first kappa shape index (κ1) is 13.2. The quantitative estimate of drug-likeness (QED) is 0.779. The molecule has 102 valence electrons. The Hall–Kier alpha value is -1.26. The highest BCUT2D eigenvalue weighted by molar-refractivity contribution is 5.81. The zero-order valence-corrected chi connectivity index (χ0v) is 11.2. The second-order valence-corrected chi connectivity index (χ2v) is 6.35. The van der Waals surface area contributed by atoms with Gasteiger partial charge in [-0.05, 0) is 51.9 Å². The van der Waals surface area contributed by atoms with Gasteiger partial charge in [-0.15, -0.1) is 0 Å². The third kappa shape index (κ3) is 2.60. The number of carbonyl (C=O) groups is 2. The molecule has 1 saturated carbocycles. The molecule has 1 saturated heterocycles. The normalized spacial score (nSPS) is 31.3. The molecule has 0 aromatic heterocycles.